The molecule has 61 valence electrons. The lowest BCUT2D eigenvalue weighted by atomic mass is 11.8. The van der Waals surface area contributed by atoms with E-state index in [0.717, 1.165) is 0 Å². The molecule has 0 saturated heterocycles. The lowest BCUT2D eigenvalue weighted by Gasteiger charge is -2.38. The van der Waals surface area contributed by atoms with E-state index >= 15 is 0 Å². The largest absolute Gasteiger partial charge is 0.0735 e. The van der Waals surface area contributed by atoms with Crippen LogP contribution < -0.4 is 0 Å². The second-order valence-corrected chi connectivity index (χ2v) is 31.1. The van der Waals surface area contributed by atoms with Crippen molar-refractivity contribution in [2.45, 2.75) is 45.8 Å². The first-order valence-electron chi connectivity index (χ1n) is 4.00. The van der Waals surface area contributed by atoms with Crippen LogP contribution in [0, 0.1) is 0 Å². The maximum atomic E-state index is 2.59. The molecule has 0 aliphatic heterocycles. The molecule has 0 N–H and O–H groups in total. The number of hydrogen-bond donors (Lipinski definition) is 0. The van der Waals surface area contributed by atoms with Crippen LogP contribution in [0.5, 0.6) is 0 Å². The monoisotopic (exact) mass is 189 g/mol. The first kappa shape index (κ1) is 10.7. The van der Waals surface area contributed by atoms with E-state index in [4.69, 9.17) is 0 Å². The van der Waals surface area contributed by atoms with Gasteiger partial charge < -0.3 is 0 Å². The summed E-state index contributed by atoms with van der Waals surface area (Å²) in [7, 11) is -1.47. The molecule has 0 nitrogen and oxygen atoms in total. The summed E-state index contributed by atoms with van der Waals surface area (Å²) in [4.78, 5) is 0. The van der Waals surface area contributed by atoms with Gasteiger partial charge in [0, 0.05) is 23.0 Å². The first-order valence-corrected chi connectivity index (χ1v) is 15.0. The maximum Gasteiger partial charge on any atom is 0.0354 e. The quantitative estimate of drug-likeness (QED) is 0.586. The zero-order valence-electron chi connectivity index (χ0n) is 8.50. The topological polar surface area (TPSA) is 0 Å². The van der Waals surface area contributed by atoms with Crippen molar-refractivity contribution in [1.29, 1.82) is 0 Å². The van der Waals surface area contributed by atoms with Crippen LogP contribution in [-0.2, 0) is 0 Å². The molecule has 0 amide bonds. The van der Waals surface area contributed by atoms with Gasteiger partial charge in [-0.15, -0.1) is 0 Å². The highest BCUT2D eigenvalue weighted by molar-refractivity contribution is 7.63. The van der Waals surface area contributed by atoms with Gasteiger partial charge in [-0.3, -0.25) is 0 Å². The molecule has 0 aliphatic carbocycles. The van der Waals surface area contributed by atoms with Crippen LogP contribution in [-0.4, -0.2) is 23.0 Å². The van der Waals surface area contributed by atoms with Crippen LogP contribution in [0.15, 0.2) is 0 Å². The molecule has 0 aromatic rings. The third-order valence-corrected chi connectivity index (χ3v) is 39.4. The standard InChI is InChI=1S/C7H21Si3/c1-8(2)10(6,7)9(3,4)5/h1-7H3. The van der Waals surface area contributed by atoms with E-state index < -0.39 is 14.7 Å². The molecule has 0 atom stereocenters. The van der Waals surface area contributed by atoms with Crippen LogP contribution in [0.1, 0.15) is 0 Å². The Balaban J connectivity index is 4.40. The summed E-state index contributed by atoms with van der Waals surface area (Å²) in [5.74, 6) is 0. The normalized spacial score (nSPS) is 14.4. The third kappa shape index (κ3) is 2.07. The summed E-state index contributed by atoms with van der Waals surface area (Å²) >= 11 is 0. The molecule has 1 radical (unpaired) electrons. The van der Waals surface area contributed by atoms with Crippen molar-refractivity contribution in [2.75, 3.05) is 0 Å². The minimum atomic E-state index is -0.764. The van der Waals surface area contributed by atoms with Crippen LogP contribution >= 0.6 is 0 Å². The zero-order chi connectivity index (χ0) is 8.58. The number of rotatable bonds is 2. The van der Waals surface area contributed by atoms with E-state index in [1.54, 1.807) is 0 Å². The Morgan fingerprint density at radius 1 is 0.800 bits per heavy atom. The Morgan fingerprint density at radius 2 is 1.10 bits per heavy atom. The van der Waals surface area contributed by atoms with Gasteiger partial charge in [0.05, 0.1) is 0 Å². The lowest BCUT2D eigenvalue weighted by Crippen LogP contribution is -2.61. The Hall–Kier alpha value is 0.651. The van der Waals surface area contributed by atoms with Gasteiger partial charge in [-0.1, -0.05) is 45.8 Å². The first-order chi connectivity index (χ1) is 4.19. The van der Waals surface area contributed by atoms with Crippen molar-refractivity contribution in [3.05, 3.63) is 0 Å². The molecule has 0 aliphatic rings. The van der Waals surface area contributed by atoms with Crippen LogP contribution in [0.25, 0.3) is 0 Å². The van der Waals surface area contributed by atoms with Crippen LogP contribution in [0.4, 0.5) is 0 Å². The van der Waals surface area contributed by atoms with Gasteiger partial charge in [0.15, 0.2) is 0 Å². The molecule has 0 unspecified atom stereocenters. The van der Waals surface area contributed by atoms with E-state index in [1.807, 2.05) is 0 Å². The third-order valence-electron chi connectivity index (χ3n) is 3.12. The van der Waals surface area contributed by atoms with Crippen molar-refractivity contribution in [3.63, 3.8) is 0 Å². The molecule has 0 fully saturated rings. The summed E-state index contributed by atoms with van der Waals surface area (Å²) < 4.78 is 0. The van der Waals surface area contributed by atoms with Gasteiger partial charge in [0.2, 0.25) is 0 Å². The van der Waals surface area contributed by atoms with Gasteiger partial charge >= 0.3 is 0 Å². The van der Waals surface area contributed by atoms with Crippen molar-refractivity contribution in [3.8, 4) is 0 Å². The molecule has 10 heavy (non-hydrogen) atoms. The second kappa shape index (κ2) is 2.95. The molecule has 0 bridgehead atoms. The van der Waals surface area contributed by atoms with E-state index in [2.05, 4.69) is 45.8 Å². The smallest absolute Gasteiger partial charge is 0.0354 e. The van der Waals surface area contributed by atoms with E-state index in [-0.39, 0.29) is 8.31 Å². The highest BCUT2D eigenvalue weighted by Crippen LogP contribution is 2.20. The molecule has 0 spiro atoms. The van der Waals surface area contributed by atoms with Crippen molar-refractivity contribution in [2.24, 2.45) is 0 Å². The Morgan fingerprint density at radius 3 is 1.10 bits per heavy atom. The maximum absolute atomic E-state index is 2.59. The van der Waals surface area contributed by atoms with E-state index in [9.17, 15) is 0 Å². The fraction of sp³-hybridized carbons (Fsp3) is 1.00. The van der Waals surface area contributed by atoms with Gasteiger partial charge in [0.25, 0.3) is 0 Å². The van der Waals surface area contributed by atoms with Crippen molar-refractivity contribution >= 4 is 23.0 Å². The Kier molecular flexibility index (Phi) is 3.14. The predicted molar refractivity (Wildman–Crippen MR) is 58.3 cm³/mol. The molecule has 0 aromatic heterocycles. The fourth-order valence-corrected chi connectivity index (χ4v) is 20.2. The summed E-state index contributed by atoms with van der Waals surface area (Å²) in [6, 6.07) is 0. The molecular weight excluding hydrogens is 168 g/mol. The van der Waals surface area contributed by atoms with Gasteiger partial charge in [-0.05, 0) is 0 Å². The lowest BCUT2D eigenvalue weighted by molar-refractivity contribution is 1.76. The summed E-state index contributed by atoms with van der Waals surface area (Å²) in [6.07, 6.45) is 0. The van der Waals surface area contributed by atoms with Gasteiger partial charge in [-0.2, -0.15) is 0 Å². The summed E-state index contributed by atoms with van der Waals surface area (Å²) in [5, 5.41) is 0. The van der Waals surface area contributed by atoms with Crippen LogP contribution in [0.3, 0.4) is 0 Å². The molecule has 0 saturated carbocycles. The molecule has 0 heterocycles. The van der Waals surface area contributed by atoms with Crippen molar-refractivity contribution in [1.82, 2.24) is 0 Å². The second-order valence-electron chi connectivity index (χ2n) is 4.88. The Bertz CT molecular complexity index is 111. The summed E-state index contributed by atoms with van der Waals surface area (Å²) in [6.45, 7) is 17.8. The number of hydrogen-bond acceptors (Lipinski definition) is 0. The molecular formula is C7H21Si3. The average molecular weight is 190 g/mol. The highest BCUT2D eigenvalue weighted by Gasteiger charge is 2.39. The van der Waals surface area contributed by atoms with Gasteiger partial charge in [-0.25, -0.2) is 0 Å². The minimum Gasteiger partial charge on any atom is -0.0735 e. The summed E-state index contributed by atoms with van der Waals surface area (Å²) in [5.41, 5.74) is 0. The SMILES string of the molecule is C[Si](C)[Si](C)(C)[Si](C)(C)C. The predicted octanol–water partition coefficient (Wildman–Crippen LogP) is 2.94. The van der Waals surface area contributed by atoms with Crippen molar-refractivity contribution < 1.29 is 0 Å². The van der Waals surface area contributed by atoms with E-state index in [1.165, 1.54) is 0 Å². The van der Waals surface area contributed by atoms with E-state index in [0.29, 0.717) is 0 Å². The van der Waals surface area contributed by atoms with Crippen LogP contribution in [0.2, 0.25) is 45.8 Å². The molecule has 0 rings (SSSR count). The Labute approximate surface area is 69.2 Å². The van der Waals surface area contributed by atoms with Gasteiger partial charge in [0.1, 0.15) is 0 Å². The zero-order valence-corrected chi connectivity index (χ0v) is 11.5. The molecule has 0 aromatic carbocycles. The minimum absolute atomic E-state index is 0.0324. The molecule has 3 heteroatoms. The fourth-order valence-electron chi connectivity index (χ4n) is 0.750. The average Bonchev–Trinajstić information content (AvgIpc) is 1.62. The highest BCUT2D eigenvalue weighted by atomic mass is 29.6.